The van der Waals surface area contributed by atoms with Crippen LogP contribution >= 0.6 is 0 Å². The van der Waals surface area contributed by atoms with Crippen molar-refractivity contribution in [3.8, 4) is 0 Å². The third-order valence-corrected chi connectivity index (χ3v) is 2.87. The number of rotatable bonds is 6. The van der Waals surface area contributed by atoms with E-state index < -0.39 is 42.7 Å². The molecule has 0 saturated heterocycles. The minimum Gasteiger partial charge on any atom is -0.358 e. The number of hydrogen-bond acceptors (Lipinski definition) is 10. The Hall–Kier alpha value is -4.23. The summed E-state index contributed by atoms with van der Waals surface area (Å²) in [6.45, 7) is 0. The average molecular weight is 350 g/mol. The van der Waals surface area contributed by atoms with Crippen molar-refractivity contribution in [1.82, 2.24) is 4.98 Å². The van der Waals surface area contributed by atoms with Gasteiger partial charge in [-0.3, -0.25) is 20.2 Å². The number of benzene rings is 1. The second-order valence-corrected chi connectivity index (χ2v) is 4.40. The lowest BCUT2D eigenvalue weighted by Crippen LogP contribution is -2.06. The molecule has 14 heteroatoms. The molecule has 0 aliphatic rings. The number of non-ortho nitro benzene ring substituents is 1. The molecule has 0 unspecified atom stereocenters. The van der Waals surface area contributed by atoms with Gasteiger partial charge in [0.1, 0.15) is 6.07 Å². The number of nitro benzene ring substituents is 1. The van der Waals surface area contributed by atoms with E-state index in [1.165, 1.54) is 0 Å². The molecule has 128 valence electrons. The van der Waals surface area contributed by atoms with Crippen LogP contribution < -0.4 is 5.32 Å². The van der Waals surface area contributed by atoms with Crippen LogP contribution in [0.3, 0.4) is 0 Å². The lowest BCUT2D eigenvalue weighted by molar-refractivity contribution is -0.408. The minimum absolute atomic E-state index is 0.0486. The lowest BCUT2D eigenvalue weighted by Gasteiger charge is -2.07. The van der Waals surface area contributed by atoms with Gasteiger partial charge in [0.2, 0.25) is 5.69 Å². The third kappa shape index (κ3) is 3.58. The second-order valence-electron chi connectivity index (χ2n) is 4.40. The van der Waals surface area contributed by atoms with Gasteiger partial charge in [-0.05, 0) is 22.0 Å². The highest BCUT2D eigenvalue weighted by Gasteiger charge is 2.32. The molecule has 2 aromatic rings. The number of aromatic nitrogens is 1. The molecule has 0 aliphatic carbocycles. The summed E-state index contributed by atoms with van der Waals surface area (Å²) >= 11 is 0. The molecular formula is C11H6N6O8. The van der Waals surface area contributed by atoms with Crippen molar-refractivity contribution in [2.45, 2.75) is 0 Å². The quantitative estimate of drug-likeness (QED) is 0.596. The fraction of sp³-hybridized carbons (Fsp3) is 0. The Balaban J connectivity index is 2.58. The number of hydrogen-bond donors (Lipinski definition) is 1. The van der Waals surface area contributed by atoms with E-state index in [1.54, 1.807) is 0 Å². The molecule has 2 rings (SSSR count). The SMILES string of the molecule is O=[N+]([O-])c1ccc(Nc2c([N+](=O)[O-])cc([N+](=O)[O-])nc2[N+](=O)[O-])cc1. The normalized spacial score (nSPS) is 10.1. The number of anilines is 2. The van der Waals surface area contributed by atoms with Gasteiger partial charge in [-0.15, -0.1) is 0 Å². The highest BCUT2D eigenvalue weighted by atomic mass is 16.6. The van der Waals surface area contributed by atoms with Crippen LogP contribution in [0, 0.1) is 40.5 Å². The van der Waals surface area contributed by atoms with Crippen LogP contribution in [0.5, 0.6) is 0 Å². The van der Waals surface area contributed by atoms with Crippen molar-refractivity contribution in [1.29, 1.82) is 0 Å². The van der Waals surface area contributed by atoms with Gasteiger partial charge in [0, 0.05) is 22.8 Å². The molecule has 25 heavy (non-hydrogen) atoms. The van der Waals surface area contributed by atoms with Crippen LogP contribution in [0.2, 0.25) is 0 Å². The van der Waals surface area contributed by atoms with Crippen LogP contribution in [-0.4, -0.2) is 24.7 Å². The molecule has 0 bridgehead atoms. The Bertz CT molecular complexity index is 861. The molecule has 1 heterocycles. The highest BCUT2D eigenvalue weighted by Crippen LogP contribution is 2.37. The monoisotopic (exact) mass is 350 g/mol. The van der Waals surface area contributed by atoms with E-state index in [1.807, 2.05) is 0 Å². The average Bonchev–Trinajstić information content (AvgIpc) is 2.54. The molecule has 0 radical (unpaired) electrons. The summed E-state index contributed by atoms with van der Waals surface area (Å²) in [6.07, 6.45) is 0. The fourth-order valence-electron chi connectivity index (χ4n) is 1.81. The maximum Gasteiger partial charge on any atom is 0.399 e. The van der Waals surface area contributed by atoms with Gasteiger partial charge in [0.05, 0.1) is 9.85 Å². The second kappa shape index (κ2) is 6.49. The molecule has 1 aromatic heterocycles. The summed E-state index contributed by atoms with van der Waals surface area (Å²) in [4.78, 5) is 42.7. The van der Waals surface area contributed by atoms with Gasteiger partial charge >= 0.3 is 17.3 Å². The van der Waals surface area contributed by atoms with Gasteiger partial charge in [0.15, 0.2) is 0 Å². The molecule has 0 aliphatic heterocycles. The van der Waals surface area contributed by atoms with Crippen LogP contribution in [0.4, 0.5) is 34.4 Å². The first kappa shape index (κ1) is 17.1. The molecule has 0 amide bonds. The molecule has 1 N–H and O–H groups in total. The minimum atomic E-state index is -1.13. The van der Waals surface area contributed by atoms with Crippen molar-refractivity contribution < 1.29 is 19.7 Å². The van der Waals surface area contributed by atoms with Crippen LogP contribution in [0.25, 0.3) is 0 Å². The molecule has 0 saturated carbocycles. The summed E-state index contributed by atoms with van der Waals surface area (Å²) in [5, 5.41) is 45.9. The molecule has 0 atom stereocenters. The Kier molecular flexibility index (Phi) is 4.44. The van der Waals surface area contributed by atoms with Crippen molar-refractivity contribution in [2.24, 2.45) is 0 Å². The van der Waals surface area contributed by atoms with Crippen LogP contribution in [0.1, 0.15) is 0 Å². The molecular weight excluding hydrogens is 344 g/mol. The van der Waals surface area contributed by atoms with Crippen molar-refractivity contribution in [3.05, 3.63) is 70.8 Å². The number of nitro groups is 4. The Morgan fingerprint density at radius 2 is 1.40 bits per heavy atom. The third-order valence-electron chi connectivity index (χ3n) is 2.87. The van der Waals surface area contributed by atoms with E-state index >= 15 is 0 Å². The number of nitrogens with one attached hydrogen (secondary N) is 1. The zero-order chi connectivity index (χ0) is 18.7. The van der Waals surface area contributed by atoms with Gasteiger partial charge in [-0.25, -0.2) is 0 Å². The predicted molar refractivity (Wildman–Crippen MR) is 80.6 cm³/mol. The van der Waals surface area contributed by atoms with E-state index in [-0.39, 0.29) is 11.4 Å². The highest BCUT2D eigenvalue weighted by molar-refractivity contribution is 5.78. The van der Waals surface area contributed by atoms with Gasteiger partial charge in [-0.2, -0.15) is 0 Å². The maximum absolute atomic E-state index is 11.1. The standard InChI is InChI=1S/C11H6N6O8/c18-14(19)7-3-1-6(2-4-7)12-10-8(15(20)21)5-9(16(22)23)13-11(10)17(24)25/h1-5,12H. The maximum atomic E-state index is 11.1. The predicted octanol–water partition coefficient (Wildman–Crippen LogP) is 2.46. The zero-order valence-electron chi connectivity index (χ0n) is 11.9. The summed E-state index contributed by atoms with van der Waals surface area (Å²) < 4.78 is 0. The van der Waals surface area contributed by atoms with E-state index in [0.29, 0.717) is 6.07 Å². The van der Waals surface area contributed by atoms with Gasteiger partial charge in [0.25, 0.3) is 5.69 Å². The van der Waals surface area contributed by atoms with E-state index in [2.05, 4.69) is 10.3 Å². The van der Waals surface area contributed by atoms with Gasteiger partial charge in [-0.1, -0.05) is 0 Å². The van der Waals surface area contributed by atoms with Gasteiger partial charge < -0.3 is 25.5 Å². The summed E-state index contributed by atoms with van der Waals surface area (Å²) in [5.74, 6) is -2.19. The van der Waals surface area contributed by atoms with E-state index in [0.717, 1.165) is 24.3 Å². The fourth-order valence-corrected chi connectivity index (χ4v) is 1.81. The number of pyridine rings is 1. The summed E-state index contributed by atoms with van der Waals surface area (Å²) in [6, 6.07) is 4.93. The first-order valence-electron chi connectivity index (χ1n) is 6.20. The zero-order valence-corrected chi connectivity index (χ0v) is 11.9. The first-order valence-corrected chi connectivity index (χ1v) is 6.20. The number of nitrogens with zero attached hydrogens (tertiary/aromatic N) is 5. The van der Waals surface area contributed by atoms with Crippen molar-refractivity contribution >= 4 is 34.4 Å². The molecule has 14 nitrogen and oxygen atoms in total. The molecule has 1 aromatic carbocycles. The van der Waals surface area contributed by atoms with Crippen molar-refractivity contribution in [2.75, 3.05) is 5.32 Å². The topological polar surface area (TPSA) is 197 Å². The Morgan fingerprint density at radius 3 is 1.84 bits per heavy atom. The Morgan fingerprint density at radius 1 is 0.800 bits per heavy atom. The van der Waals surface area contributed by atoms with Crippen LogP contribution in [0.15, 0.2) is 30.3 Å². The molecule has 0 fully saturated rings. The lowest BCUT2D eigenvalue weighted by atomic mass is 10.2. The summed E-state index contributed by atoms with van der Waals surface area (Å²) in [7, 11) is 0. The Labute approximate surface area is 136 Å². The smallest absolute Gasteiger partial charge is 0.358 e. The summed E-state index contributed by atoms with van der Waals surface area (Å²) in [5.41, 5.74) is -1.84. The van der Waals surface area contributed by atoms with Crippen LogP contribution in [-0.2, 0) is 0 Å². The van der Waals surface area contributed by atoms with E-state index in [4.69, 9.17) is 0 Å². The largest absolute Gasteiger partial charge is 0.399 e. The van der Waals surface area contributed by atoms with E-state index in [9.17, 15) is 40.5 Å². The molecule has 0 spiro atoms. The first-order chi connectivity index (χ1) is 11.7. The van der Waals surface area contributed by atoms with Crippen molar-refractivity contribution in [3.63, 3.8) is 0 Å².